The first-order chi connectivity index (χ1) is 9.22. The smallest absolute Gasteiger partial charge is 0.231 e. The van der Waals surface area contributed by atoms with Crippen molar-refractivity contribution < 1.29 is 19.4 Å². The number of aliphatic carboxylic acids is 1. The summed E-state index contributed by atoms with van der Waals surface area (Å²) in [6, 6.07) is 13.0. The van der Waals surface area contributed by atoms with Gasteiger partial charge in [0.2, 0.25) is 6.79 Å². The number of carbonyl (C=O) groups is 1. The molecule has 0 bridgehead atoms. The number of ether oxygens (including phenoxy) is 2. The maximum absolute atomic E-state index is 10.6. The molecular weight excluding hydrogens is 244 g/mol. The zero-order valence-electron chi connectivity index (χ0n) is 10.1. The molecule has 1 aliphatic rings. The van der Waals surface area contributed by atoms with Crippen molar-refractivity contribution in [3.8, 4) is 22.6 Å². The van der Waals surface area contributed by atoms with Gasteiger partial charge in [-0.1, -0.05) is 30.3 Å². The van der Waals surface area contributed by atoms with Gasteiger partial charge in [0.15, 0.2) is 11.5 Å². The van der Waals surface area contributed by atoms with E-state index in [0.717, 1.165) is 22.4 Å². The van der Waals surface area contributed by atoms with Gasteiger partial charge in [0.25, 0.3) is 0 Å². The van der Waals surface area contributed by atoms with E-state index in [1.165, 1.54) is 0 Å². The van der Waals surface area contributed by atoms with Gasteiger partial charge < -0.3 is 19.4 Å². The molecule has 4 nitrogen and oxygen atoms in total. The Morgan fingerprint density at radius 1 is 1.05 bits per heavy atom. The highest BCUT2D eigenvalue weighted by Crippen LogP contribution is 2.35. The molecule has 0 atom stereocenters. The van der Waals surface area contributed by atoms with Crippen LogP contribution >= 0.6 is 0 Å². The highest BCUT2D eigenvalue weighted by atomic mass is 16.7. The van der Waals surface area contributed by atoms with Gasteiger partial charge in [0, 0.05) is 12.4 Å². The van der Waals surface area contributed by atoms with Crippen molar-refractivity contribution in [2.24, 2.45) is 0 Å². The van der Waals surface area contributed by atoms with E-state index in [9.17, 15) is 9.90 Å². The van der Waals surface area contributed by atoms with Crippen LogP contribution in [-0.4, -0.2) is 12.8 Å². The third-order valence-corrected chi connectivity index (χ3v) is 2.98. The Morgan fingerprint density at radius 3 is 2.68 bits per heavy atom. The molecule has 0 saturated carbocycles. The van der Waals surface area contributed by atoms with Gasteiger partial charge in [-0.05, 0) is 28.8 Å². The summed E-state index contributed by atoms with van der Waals surface area (Å²) in [7, 11) is 0. The van der Waals surface area contributed by atoms with Crippen LogP contribution < -0.4 is 14.6 Å². The minimum Gasteiger partial charge on any atom is -0.550 e. The molecule has 2 aromatic rings. The maximum atomic E-state index is 10.6. The molecular formula is C15H11O4-. The standard InChI is InChI=1S/C15H12O4/c16-15(17)7-10-2-1-3-11(6-10)12-4-5-13-14(8-12)19-9-18-13/h1-6,8H,7,9H2,(H,16,17)/p-1. The molecule has 4 heteroatoms. The lowest BCUT2D eigenvalue weighted by Gasteiger charge is -2.07. The number of carboxylic acid groups (broad SMARTS) is 1. The summed E-state index contributed by atoms with van der Waals surface area (Å²) in [6.45, 7) is 0.240. The van der Waals surface area contributed by atoms with Crippen LogP contribution in [0.15, 0.2) is 42.5 Å². The first-order valence-corrected chi connectivity index (χ1v) is 5.91. The van der Waals surface area contributed by atoms with Gasteiger partial charge in [-0.3, -0.25) is 0 Å². The van der Waals surface area contributed by atoms with Gasteiger partial charge in [0.05, 0.1) is 0 Å². The van der Waals surface area contributed by atoms with Crippen LogP contribution in [0.3, 0.4) is 0 Å². The van der Waals surface area contributed by atoms with Crippen LogP contribution in [0, 0.1) is 0 Å². The topological polar surface area (TPSA) is 58.6 Å². The molecule has 0 unspecified atom stereocenters. The molecule has 1 aliphatic heterocycles. The fourth-order valence-electron chi connectivity index (χ4n) is 2.10. The molecule has 0 spiro atoms. The van der Waals surface area contributed by atoms with Gasteiger partial charge in [0.1, 0.15) is 0 Å². The number of fused-ring (bicyclic) bond motifs is 1. The van der Waals surface area contributed by atoms with E-state index in [2.05, 4.69) is 0 Å². The highest BCUT2D eigenvalue weighted by Gasteiger charge is 2.13. The predicted molar refractivity (Wildman–Crippen MR) is 66.7 cm³/mol. The van der Waals surface area contributed by atoms with Crippen LogP contribution in [0.1, 0.15) is 5.56 Å². The van der Waals surface area contributed by atoms with Crippen molar-refractivity contribution in [1.29, 1.82) is 0 Å². The number of benzene rings is 2. The first kappa shape index (κ1) is 11.6. The quantitative estimate of drug-likeness (QED) is 0.831. The second-order valence-corrected chi connectivity index (χ2v) is 4.32. The van der Waals surface area contributed by atoms with Crippen molar-refractivity contribution in [2.45, 2.75) is 6.42 Å². The van der Waals surface area contributed by atoms with Crippen LogP contribution in [0.4, 0.5) is 0 Å². The zero-order chi connectivity index (χ0) is 13.2. The van der Waals surface area contributed by atoms with Gasteiger partial charge in [-0.15, -0.1) is 0 Å². The lowest BCUT2D eigenvalue weighted by atomic mass is 10.0. The normalized spacial score (nSPS) is 12.4. The fourth-order valence-corrected chi connectivity index (χ4v) is 2.10. The van der Waals surface area contributed by atoms with Crippen molar-refractivity contribution in [1.82, 2.24) is 0 Å². The summed E-state index contributed by atoms with van der Waals surface area (Å²) in [5, 5.41) is 10.6. The molecule has 1 heterocycles. The Bertz CT molecular complexity index is 634. The Hall–Kier alpha value is -2.49. The second-order valence-electron chi connectivity index (χ2n) is 4.32. The first-order valence-electron chi connectivity index (χ1n) is 5.91. The summed E-state index contributed by atoms with van der Waals surface area (Å²) in [5.74, 6) is 0.361. The molecule has 96 valence electrons. The number of hydrogen-bond acceptors (Lipinski definition) is 4. The maximum Gasteiger partial charge on any atom is 0.231 e. The van der Waals surface area contributed by atoms with E-state index < -0.39 is 5.97 Å². The third-order valence-electron chi connectivity index (χ3n) is 2.98. The molecule has 0 aliphatic carbocycles. The Kier molecular flexibility index (Phi) is 2.83. The molecule has 0 aromatic heterocycles. The Morgan fingerprint density at radius 2 is 1.84 bits per heavy atom. The molecule has 0 radical (unpaired) electrons. The number of carbonyl (C=O) groups excluding carboxylic acids is 1. The average molecular weight is 255 g/mol. The van der Waals surface area contributed by atoms with E-state index in [0.29, 0.717) is 5.75 Å². The summed E-state index contributed by atoms with van der Waals surface area (Å²) in [4.78, 5) is 10.6. The van der Waals surface area contributed by atoms with Crippen LogP contribution in [0.5, 0.6) is 11.5 Å². The minimum atomic E-state index is -1.08. The number of rotatable bonds is 3. The van der Waals surface area contributed by atoms with Gasteiger partial charge in [-0.25, -0.2) is 0 Å². The predicted octanol–water partition coefficient (Wildman–Crippen LogP) is 1.37. The molecule has 2 aromatic carbocycles. The van der Waals surface area contributed by atoms with Crippen molar-refractivity contribution in [2.75, 3.05) is 6.79 Å². The van der Waals surface area contributed by atoms with Gasteiger partial charge >= 0.3 is 0 Å². The van der Waals surface area contributed by atoms with E-state index in [1.54, 1.807) is 6.07 Å². The largest absolute Gasteiger partial charge is 0.550 e. The number of hydrogen-bond donors (Lipinski definition) is 0. The van der Waals surface area contributed by atoms with Crippen LogP contribution in [-0.2, 0) is 11.2 Å². The monoisotopic (exact) mass is 255 g/mol. The summed E-state index contributed by atoms with van der Waals surface area (Å²) in [5.41, 5.74) is 2.62. The van der Waals surface area contributed by atoms with Crippen molar-refractivity contribution >= 4 is 5.97 Å². The summed E-state index contributed by atoms with van der Waals surface area (Å²) in [6.07, 6.45) is -0.0849. The molecule has 0 N–H and O–H groups in total. The lowest BCUT2D eigenvalue weighted by molar-refractivity contribution is -0.304. The van der Waals surface area contributed by atoms with E-state index in [4.69, 9.17) is 9.47 Å². The van der Waals surface area contributed by atoms with Crippen LogP contribution in [0.25, 0.3) is 11.1 Å². The molecule has 19 heavy (non-hydrogen) atoms. The van der Waals surface area contributed by atoms with E-state index in [-0.39, 0.29) is 13.2 Å². The highest BCUT2D eigenvalue weighted by molar-refractivity contribution is 5.71. The van der Waals surface area contributed by atoms with Crippen LogP contribution in [0.2, 0.25) is 0 Å². The van der Waals surface area contributed by atoms with Crippen molar-refractivity contribution in [3.63, 3.8) is 0 Å². The summed E-state index contributed by atoms with van der Waals surface area (Å²) < 4.78 is 10.6. The summed E-state index contributed by atoms with van der Waals surface area (Å²) >= 11 is 0. The Balaban J connectivity index is 1.95. The van der Waals surface area contributed by atoms with E-state index in [1.807, 2.05) is 36.4 Å². The fraction of sp³-hybridized carbons (Fsp3) is 0.133. The number of carboxylic acids is 1. The molecule has 0 saturated heterocycles. The zero-order valence-corrected chi connectivity index (χ0v) is 10.1. The molecule has 0 amide bonds. The third kappa shape index (κ3) is 2.38. The van der Waals surface area contributed by atoms with E-state index >= 15 is 0 Å². The lowest BCUT2D eigenvalue weighted by Crippen LogP contribution is -2.24. The van der Waals surface area contributed by atoms with Crippen molar-refractivity contribution in [3.05, 3.63) is 48.0 Å². The van der Waals surface area contributed by atoms with Gasteiger partial charge in [-0.2, -0.15) is 0 Å². The average Bonchev–Trinajstić information content (AvgIpc) is 2.85. The Labute approximate surface area is 110 Å². The minimum absolute atomic E-state index is 0.0849. The second kappa shape index (κ2) is 4.65. The SMILES string of the molecule is O=C([O-])Cc1cccc(-c2ccc3c(c2)OCO3)c1. The molecule has 3 rings (SSSR count). The molecule has 0 fully saturated rings.